The molecule has 0 aliphatic heterocycles. The lowest BCUT2D eigenvalue weighted by Crippen LogP contribution is -2.42. The van der Waals surface area contributed by atoms with Gasteiger partial charge in [0.25, 0.3) is 0 Å². The number of nitrogens with one attached hydrogen (secondary N) is 2. The van der Waals surface area contributed by atoms with Crippen LogP contribution < -0.4 is 10.6 Å². The van der Waals surface area contributed by atoms with Crippen molar-refractivity contribution in [2.75, 3.05) is 52.8 Å². The molecule has 0 radical (unpaired) electrons. The second-order valence-corrected chi connectivity index (χ2v) is 8.68. The molecule has 0 rings (SSSR count). The molecule has 8 heteroatoms. The third-order valence-electron chi connectivity index (χ3n) is 3.01. The quantitative estimate of drug-likeness (QED) is 0.341. The van der Waals surface area contributed by atoms with Crippen LogP contribution in [0.4, 0.5) is 0 Å². The Bertz CT molecular complexity index is 416. The van der Waals surface area contributed by atoms with Gasteiger partial charge in [0.05, 0.1) is 23.7 Å². The SMILES string of the molecule is CN=C(NCCCOCCOC)NCCS(=O)(=O)C(C)(C)C. The van der Waals surface area contributed by atoms with Crippen LogP contribution in [-0.4, -0.2) is 71.9 Å². The number of hydrogen-bond acceptors (Lipinski definition) is 5. The second kappa shape index (κ2) is 10.8. The van der Waals surface area contributed by atoms with Gasteiger partial charge in [-0.1, -0.05) is 0 Å². The summed E-state index contributed by atoms with van der Waals surface area (Å²) >= 11 is 0. The number of nitrogens with zero attached hydrogens (tertiary/aromatic N) is 1. The third kappa shape index (κ3) is 9.22. The van der Waals surface area contributed by atoms with Crippen LogP contribution >= 0.6 is 0 Å². The van der Waals surface area contributed by atoms with Crippen LogP contribution in [0.2, 0.25) is 0 Å². The molecule has 0 saturated heterocycles. The van der Waals surface area contributed by atoms with Gasteiger partial charge in [0.1, 0.15) is 0 Å². The van der Waals surface area contributed by atoms with Gasteiger partial charge < -0.3 is 20.1 Å². The summed E-state index contributed by atoms with van der Waals surface area (Å²) < 4.78 is 33.5. The van der Waals surface area contributed by atoms with Gasteiger partial charge in [0.2, 0.25) is 0 Å². The van der Waals surface area contributed by atoms with Crippen LogP contribution in [0.1, 0.15) is 27.2 Å². The molecule has 0 bridgehead atoms. The van der Waals surface area contributed by atoms with Gasteiger partial charge in [-0.3, -0.25) is 4.99 Å². The monoisotopic (exact) mass is 337 g/mol. The molecule has 7 nitrogen and oxygen atoms in total. The van der Waals surface area contributed by atoms with E-state index < -0.39 is 14.6 Å². The van der Waals surface area contributed by atoms with Crippen LogP contribution in [0.15, 0.2) is 4.99 Å². The summed E-state index contributed by atoms with van der Waals surface area (Å²) in [5, 5.41) is 6.13. The van der Waals surface area contributed by atoms with Crippen LogP contribution in [-0.2, 0) is 19.3 Å². The van der Waals surface area contributed by atoms with E-state index in [9.17, 15) is 8.42 Å². The van der Waals surface area contributed by atoms with E-state index >= 15 is 0 Å². The smallest absolute Gasteiger partial charge is 0.191 e. The maximum absolute atomic E-state index is 12.0. The normalized spacial score (nSPS) is 13.2. The lowest BCUT2D eigenvalue weighted by Gasteiger charge is -2.19. The summed E-state index contributed by atoms with van der Waals surface area (Å²) in [6, 6.07) is 0. The first kappa shape index (κ1) is 21.1. The predicted molar refractivity (Wildman–Crippen MR) is 90.2 cm³/mol. The molecule has 2 N–H and O–H groups in total. The first-order valence-corrected chi connectivity index (χ1v) is 9.13. The molecule has 0 heterocycles. The lowest BCUT2D eigenvalue weighted by molar-refractivity contribution is 0.0698. The topological polar surface area (TPSA) is 89.0 Å². The van der Waals surface area contributed by atoms with Crippen molar-refractivity contribution < 1.29 is 17.9 Å². The average molecular weight is 337 g/mol. The van der Waals surface area contributed by atoms with Crippen molar-refractivity contribution in [2.45, 2.75) is 31.9 Å². The Morgan fingerprint density at radius 1 is 1.09 bits per heavy atom. The molecule has 0 aliphatic carbocycles. The fourth-order valence-corrected chi connectivity index (χ4v) is 2.44. The maximum Gasteiger partial charge on any atom is 0.191 e. The van der Waals surface area contributed by atoms with Crippen molar-refractivity contribution in [3.63, 3.8) is 0 Å². The van der Waals surface area contributed by atoms with Crippen molar-refractivity contribution in [1.82, 2.24) is 10.6 Å². The number of aliphatic imine (C=N–C) groups is 1. The Hall–Kier alpha value is -0.860. The molecule has 0 atom stereocenters. The van der Waals surface area contributed by atoms with Crippen molar-refractivity contribution in [1.29, 1.82) is 0 Å². The second-order valence-electron chi connectivity index (χ2n) is 5.82. The number of guanidine groups is 1. The van der Waals surface area contributed by atoms with Gasteiger partial charge in [-0.25, -0.2) is 8.42 Å². The van der Waals surface area contributed by atoms with Crippen molar-refractivity contribution >= 4 is 15.8 Å². The van der Waals surface area contributed by atoms with Gasteiger partial charge in [-0.05, 0) is 27.2 Å². The number of sulfone groups is 1. The Morgan fingerprint density at radius 3 is 2.27 bits per heavy atom. The van der Waals surface area contributed by atoms with Crippen LogP contribution in [0, 0.1) is 0 Å². The molecule has 0 spiro atoms. The first-order valence-electron chi connectivity index (χ1n) is 7.48. The molecule has 0 fully saturated rings. The summed E-state index contributed by atoms with van der Waals surface area (Å²) in [4.78, 5) is 4.06. The number of rotatable bonds is 10. The van der Waals surface area contributed by atoms with E-state index in [1.165, 1.54) is 0 Å². The van der Waals surface area contributed by atoms with Crippen LogP contribution in [0.3, 0.4) is 0 Å². The minimum absolute atomic E-state index is 0.0807. The van der Waals surface area contributed by atoms with Gasteiger partial charge in [0, 0.05) is 33.9 Å². The zero-order valence-electron chi connectivity index (χ0n) is 14.4. The van der Waals surface area contributed by atoms with E-state index in [1.54, 1.807) is 34.9 Å². The molecule has 0 aromatic rings. The lowest BCUT2D eigenvalue weighted by atomic mass is 10.3. The predicted octanol–water partition coefficient (Wildman–Crippen LogP) is 0.418. The van der Waals surface area contributed by atoms with E-state index in [0.29, 0.717) is 38.9 Å². The van der Waals surface area contributed by atoms with Crippen LogP contribution in [0.25, 0.3) is 0 Å². The van der Waals surface area contributed by atoms with E-state index in [1.807, 2.05) is 0 Å². The van der Waals surface area contributed by atoms with Gasteiger partial charge in [-0.2, -0.15) is 0 Å². The molecule has 0 aromatic heterocycles. The van der Waals surface area contributed by atoms with Crippen LogP contribution in [0.5, 0.6) is 0 Å². The van der Waals surface area contributed by atoms with E-state index in [4.69, 9.17) is 9.47 Å². The molecule has 22 heavy (non-hydrogen) atoms. The Balaban J connectivity index is 3.86. The summed E-state index contributed by atoms with van der Waals surface area (Å²) in [7, 11) is 0.178. The fourth-order valence-electron chi connectivity index (χ4n) is 1.46. The highest BCUT2D eigenvalue weighted by Crippen LogP contribution is 2.15. The molecule has 0 saturated carbocycles. The molecule has 0 unspecified atom stereocenters. The molecular formula is C14H31N3O4S. The van der Waals surface area contributed by atoms with Crippen molar-refractivity contribution in [3.8, 4) is 0 Å². The van der Waals surface area contributed by atoms with E-state index in [2.05, 4.69) is 15.6 Å². The highest BCUT2D eigenvalue weighted by atomic mass is 32.2. The zero-order chi connectivity index (χ0) is 17.1. The molecule has 0 aromatic carbocycles. The first-order chi connectivity index (χ1) is 10.2. The van der Waals surface area contributed by atoms with Crippen molar-refractivity contribution in [3.05, 3.63) is 0 Å². The molecule has 0 amide bonds. The number of ether oxygens (including phenoxy) is 2. The average Bonchev–Trinajstić information content (AvgIpc) is 2.43. The Kier molecular flexibility index (Phi) is 10.4. The standard InChI is InChI=1S/C14H31N3O4S/c1-14(2,3)22(18,19)12-8-17-13(15-4)16-7-6-9-21-11-10-20-5/h6-12H2,1-5H3,(H2,15,16,17). The van der Waals surface area contributed by atoms with Crippen molar-refractivity contribution in [2.24, 2.45) is 4.99 Å². The van der Waals surface area contributed by atoms with E-state index in [0.717, 1.165) is 6.42 Å². The maximum atomic E-state index is 12.0. The molecular weight excluding hydrogens is 306 g/mol. The van der Waals surface area contributed by atoms with Gasteiger partial charge >= 0.3 is 0 Å². The summed E-state index contributed by atoms with van der Waals surface area (Å²) in [5.74, 6) is 0.679. The highest BCUT2D eigenvalue weighted by Gasteiger charge is 2.28. The van der Waals surface area contributed by atoms with Gasteiger partial charge in [0.15, 0.2) is 15.8 Å². The Labute approximate surface area is 134 Å². The number of methoxy groups -OCH3 is 1. The third-order valence-corrected chi connectivity index (χ3v) is 5.62. The minimum Gasteiger partial charge on any atom is -0.382 e. The minimum atomic E-state index is -3.12. The zero-order valence-corrected chi connectivity index (χ0v) is 15.3. The number of hydrogen-bond donors (Lipinski definition) is 2. The largest absolute Gasteiger partial charge is 0.382 e. The molecule has 0 aliphatic rings. The highest BCUT2D eigenvalue weighted by molar-refractivity contribution is 7.92. The molecule has 132 valence electrons. The summed E-state index contributed by atoms with van der Waals surface area (Å²) in [6.45, 7) is 8.00. The van der Waals surface area contributed by atoms with E-state index in [-0.39, 0.29) is 5.75 Å². The summed E-state index contributed by atoms with van der Waals surface area (Å²) in [5.41, 5.74) is 0. The van der Waals surface area contributed by atoms with Gasteiger partial charge in [-0.15, -0.1) is 0 Å². The summed E-state index contributed by atoms with van der Waals surface area (Å²) in [6.07, 6.45) is 0.838. The Morgan fingerprint density at radius 2 is 1.73 bits per heavy atom. The fraction of sp³-hybridized carbons (Fsp3) is 0.929.